The van der Waals surface area contributed by atoms with Gasteiger partial charge in [0, 0.05) is 91.6 Å². The van der Waals surface area contributed by atoms with Gasteiger partial charge in [0.1, 0.15) is 46.0 Å². The van der Waals surface area contributed by atoms with Crippen molar-refractivity contribution in [2.45, 2.75) is 0 Å². The van der Waals surface area contributed by atoms with Crippen LogP contribution in [0.1, 0.15) is 0 Å². The molecule has 0 amide bonds. The molecule has 6 aliphatic rings. The first-order valence-corrected chi connectivity index (χ1v) is 25.8. The van der Waals surface area contributed by atoms with E-state index in [0.29, 0.717) is 0 Å². The van der Waals surface area contributed by atoms with Gasteiger partial charge in [-0.15, -0.1) is 0 Å². The molecular weight excluding hydrogens is 934 g/mol. The third kappa shape index (κ3) is 5.75. The van der Waals surface area contributed by atoms with Crippen LogP contribution in [0, 0.1) is 0 Å². The number of benzene rings is 11. The monoisotopic (exact) mass is 974 g/mol. The highest BCUT2D eigenvalue weighted by Gasteiger charge is 2.56. The standard InChI is InChI=1S/C66H40B2N4O4/c1-7-21-41(22-8-1)69(42-23-9-2-10-24-42)47-37-53-59-55(39-47)75-65-61-64(72(46-31-17-6-18-32-46)49-33-19-35-51(73-53)57(49)67(59)61)66-62-63(65)71(45-29-15-5-16-30-45)50-34-20-36-52-58(50)68(62)60-54(74-52)38-48(40-56(60)76-66)70(43-25-11-3-12-26-43)44-27-13-4-14-28-44/h1-40H. The summed E-state index contributed by atoms with van der Waals surface area (Å²) >= 11 is 0. The molecule has 10 heteroatoms. The molecule has 0 radical (unpaired) electrons. The van der Waals surface area contributed by atoms with Crippen LogP contribution in [0.25, 0.3) is 0 Å². The molecule has 76 heavy (non-hydrogen) atoms. The van der Waals surface area contributed by atoms with Gasteiger partial charge in [0.25, 0.3) is 13.4 Å². The number of fused-ring (bicyclic) bond motifs is 2. The van der Waals surface area contributed by atoms with Gasteiger partial charge >= 0.3 is 0 Å². The molecule has 0 N–H and O–H groups in total. The fourth-order valence-corrected chi connectivity index (χ4v) is 12.9. The van der Waals surface area contributed by atoms with Gasteiger partial charge < -0.3 is 38.5 Å². The maximum atomic E-state index is 7.85. The molecule has 354 valence electrons. The van der Waals surface area contributed by atoms with E-state index in [-0.39, 0.29) is 13.4 Å². The maximum absolute atomic E-state index is 7.85. The number of nitrogens with zero attached hydrogens (tertiary/aromatic N) is 4. The quantitative estimate of drug-likeness (QED) is 0.140. The van der Waals surface area contributed by atoms with Gasteiger partial charge in [-0.2, -0.15) is 0 Å². The lowest BCUT2D eigenvalue weighted by atomic mass is 9.30. The second-order valence-electron chi connectivity index (χ2n) is 19.9. The second kappa shape index (κ2) is 15.7. The zero-order valence-electron chi connectivity index (χ0n) is 40.7. The smallest absolute Gasteiger partial charge is 0.266 e. The van der Waals surface area contributed by atoms with E-state index >= 15 is 0 Å². The first-order valence-electron chi connectivity index (χ1n) is 25.8. The van der Waals surface area contributed by atoms with Crippen molar-refractivity contribution in [2.24, 2.45) is 0 Å². The molecule has 11 aromatic rings. The van der Waals surface area contributed by atoms with E-state index in [2.05, 4.69) is 262 Å². The van der Waals surface area contributed by atoms with Crippen molar-refractivity contribution in [3.05, 3.63) is 243 Å². The molecule has 0 saturated carbocycles. The summed E-state index contributed by atoms with van der Waals surface area (Å²) in [7, 11) is 0. The van der Waals surface area contributed by atoms with Crippen LogP contribution in [0.2, 0.25) is 0 Å². The first-order chi connectivity index (χ1) is 37.7. The van der Waals surface area contributed by atoms with Crippen LogP contribution in [-0.2, 0) is 0 Å². The van der Waals surface area contributed by atoms with Crippen LogP contribution in [-0.4, -0.2) is 13.4 Å². The molecule has 0 fully saturated rings. The van der Waals surface area contributed by atoms with Crippen molar-refractivity contribution in [1.29, 1.82) is 0 Å². The predicted molar refractivity (Wildman–Crippen MR) is 308 cm³/mol. The molecule has 8 nitrogen and oxygen atoms in total. The maximum Gasteiger partial charge on any atom is 0.266 e. The highest BCUT2D eigenvalue weighted by Crippen LogP contribution is 2.58. The van der Waals surface area contributed by atoms with E-state index in [0.717, 1.165) is 147 Å². The van der Waals surface area contributed by atoms with Gasteiger partial charge in [-0.1, -0.05) is 121 Å². The van der Waals surface area contributed by atoms with Crippen LogP contribution in [0.3, 0.4) is 0 Å². The number of anilines is 12. The fourth-order valence-electron chi connectivity index (χ4n) is 12.9. The van der Waals surface area contributed by atoms with Crippen molar-refractivity contribution < 1.29 is 18.9 Å². The van der Waals surface area contributed by atoms with Crippen molar-refractivity contribution >= 4 is 114 Å². The largest absolute Gasteiger partial charge is 0.458 e. The number of hydrogen-bond donors (Lipinski definition) is 0. The van der Waals surface area contributed by atoms with Gasteiger partial charge in [0.2, 0.25) is 0 Å². The second-order valence-corrected chi connectivity index (χ2v) is 19.9. The number of rotatable bonds is 8. The molecule has 0 bridgehead atoms. The summed E-state index contributed by atoms with van der Waals surface area (Å²) in [5.41, 5.74) is 18.0. The first kappa shape index (κ1) is 41.4. The van der Waals surface area contributed by atoms with Crippen molar-refractivity contribution in [3.8, 4) is 46.0 Å². The zero-order valence-corrected chi connectivity index (χ0v) is 40.7. The normalized spacial score (nSPS) is 13.6. The van der Waals surface area contributed by atoms with E-state index < -0.39 is 0 Å². The lowest BCUT2D eigenvalue weighted by Crippen LogP contribution is -2.65. The van der Waals surface area contributed by atoms with Crippen molar-refractivity contribution in [3.63, 3.8) is 0 Å². The number of hydrogen-bond acceptors (Lipinski definition) is 8. The Kier molecular flexibility index (Phi) is 8.57. The Hall–Kier alpha value is -10.1. The van der Waals surface area contributed by atoms with Crippen LogP contribution in [0.5, 0.6) is 46.0 Å². The van der Waals surface area contributed by atoms with Gasteiger partial charge in [-0.25, -0.2) is 0 Å². The van der Waals surface area contributed by atoms with E-state index in [9.17, 15) is 0 Å². The van der Waals surface area contributed by atoms with Gasteiger partial charge in [-0.3, -0.25) is 0 Å². The average molecular weight is 975 g/mol. The molecule has 0 saturated heterocycles. The van der Waals surface area contributed by atoms with E-state index in [4.69, 9.17) is 18.9 Å². The minimum absolute atomic E-state index is 0.292. The molecule has 0 aromatic heterocycles. The lowest BCUT2D eigenvalue weighted by molar-refractivity contribution is 0.457. The van der Waals surface area contributed by atoms with Gasteiger partial charge in [-0.05, 0) is 108 Å². The molecule has 17 rings (SSSR count). The molecular formula is C66H40B2N4O4. The molecule has 11 aromatic carbocycles. The Balaban J connectivity index is 0.987. The summed E-state index contributed by atoms with van der Waals surface area (Å²) in [6.45, 7) is -0.584. The third-order valence-electron chi connectivity index (χ3n) is 15.8. The van der Waals surface area contributed by atoms with Crippen molar-refractivity contribution in [1.82, 2.24) is 0 Å². The summed E-state index contributed by atoms with van der Waals surface area (Å²) in [6, 6.07) is 85.0. The van der Waals surface area contributed by atoms with E-state index in [1.165, 1.54) is 0 Å². The fraction of sp³-hybridized carbons (Fsp3) is 0. The lowest BCUT2D eigenvalue weighted by Gasteiger charge is -2.49. The van der Waals surface area contributed by atoms with Crippen molar-refractivity contribution in [2.75, 3.05) is 19.6 Å². The van der Waals surface area contributed by atoms with Crippen LogP contribution in [0.15, 0.2) is 243 Å². The van der Waals surface area contributed by atoms with Gasteiger partial charge in [0.15, 0.2) is 0 Å². The minimum Gasteiger partial charge on any atom is -0.458 e. The van der Waals surface area contributed by atoms with E-state index in [1.807, 2.05) is 0 Å². The Labute approximate surface area is 439 Å². The number of para-hydroxylation sites is 6. The topological polar surface area (TPSA) is 49.9 Å². The summed E-state index contributed by atoms with van der Waals surface area (Å²) in [5, 5.41) is 0. The third-order valence-corrected chi connectivity index (χ3v) is 15.8. The molecule has 0 unspecified atom stereocenters. The molecule has 0 atom stereocenters. The SMILES string of the molecule is c1ccc(N(c2ccccc2)c2cc3c4c(c2)Oc2c5c(c6c7c2N(c2ccccc2)c2cccc8c2B7c2c(cc(N(c7ccccc7)c7ccccc7)cc2O6)O8)N(c2ccccc2)c2cccc(c2B45)O3)cc1. The summed E-state index contributed by atoms with van der Waals surface area (Å²) < 4.78 is 30.1. The molecule has 6 heterocycles. The average Bonchev–Trinajstić information content (AvgIpc) is 3.57. The number of ether oxygens (including phenoxy) is 4. The highest BCUT2D eigenvalue weighted by atomic mass is 16.5. The van der Waals surface area contributed by atoms with Crippen LogP contribution >= 0.6 is 0 Å². The minimum atomic E-state index is -0.292. The summed E-state index contributed by atoms with van der Waals surface area (Å²) in [4.78, 5) is 9.32. The van der Waals surface area contributed by atoms with Gasteiger partial charge in [0.05, 0.1) is 22.7 Å². The summed E-state index contributed by atoms with van der Waals surface area (Å²) in [5.74, 6) is 6.13. The Bertz CT molecular complexity index is 3860. The highest BCUT2D eigenvalue weighted by molar-refractivity contribution is 7.03. The Morgan fingerprint density at radius 3 is 0.921 bits per heavy atom. The molecule has 0 aliphatic carbocycles. The Morgan fingerprint density at radius 2 is 0.579 bits per heavy atom. The molecule has 6 aliphatic heterocycles. The Morgan fingerprint density at radius 1 is 0.263 bits per heavy atom. The summed E-state index contributed by atoms with van der Waals surface area (Å²) in [6.07, 6.45) is 0. The zero-order chi connectivity index (χ0) is 49.6. The molecule has 0 spiro atoms. The van der Waals surface area contributed by atoms with E-state index in [1.54, 1.807) is 0 Å². The predicted octanol–water partition coefficient (Wildman–Crippen LogP) is 13.6. The van der Waals surface area contributed by atoms with Crippen LogP contribution in [0.4, 0.5) is 68.2 Å². The van der Waals surface area contributed by atoms with Crippen LogP contribution < -0.4 is 71.3 Å².